The highest BCUT2D eigenvalue weighted by Crippen LogP contribution is 2.31. The molecule has 0 aromatic heterocycles. The van der Waals surface area contributed by atoms with Crippen LogP contribution in [-0.2, 0) is 0 Å². The summed E-state index contributed by atoms with van der Waals surface area (Å²) in [7, 11) is 0. The summed E-state index contributed by atoms with van der Waals surface area (Å²) in [6.07, 6.45) is 0. The highest BCUT2D eigenvalue weighted by atomic mass is 35.5. The average molecular weight is 261 g/mol. The number of phenolic OH excluding ortho intramolecular Hbond substituents is 1. The van der Waals surface area contributed by atoms with Gasteiger partial charge in [-0.25, -0.2) is 0 Å². The van der Waals surface area contributed by atoms with E-state index in [1.807, 2.05) is 26.0 Å². The molecule has 0 radical (unpaired) electrons. The van der Waals surface area contributed by atoms with Gasteiger partial charge in [0.2, 0.25) is 0 Å². The first kappa shape index (κ1) is 12.6. The minimum Gasteiger partial charge on any atom is -0.506 e. The zero-order valence-electron chi connectivity index (χ0n) is 10.2. The summed E-state index contributed by atoms with van der Waals surface area (Å²) in [6.45, 7) is 4.01. The molecule has 2 aromatic carbocycles. The van der Waals surface area contributed by atoms with E-state index in [0.29, 0.717) is 10.7 Å². The van der Waals surface area contributed by atoms with E-state index in [9.17, 15) is 5.11 Å². The Morgan fingerprint density at radius 2 is 1.61 bits per heavy atom. The highest BCUT2D eigenvalue weighted by Gasteiger charge is 2.00. The molecule has 0 heterocycles. The number of azo groups is 1. The SMILES string of the molecule is Cc1cc(C)cc(N=Nc2cc(Cl)ccc2O)c1. The summed E-state index contributed by atoms with van der Waals surface area (Å²) >= 11 is 5.84. The van der Waals surface area contributed by atoms with Crippen LogP contribution in [-0.4, -0.2) is 5.11 Å². The van der Waals surface area contributed by atoms with Crippen molar-refractivity contribution in [1.29, 1.82) is 0 Å². The Balaban J connectivity index is 2.32. The Morgan fingerprint density at radius 1 is 0.944 bits per heavy atom. The van der Waals surface area contributed by atoms with Crippen LogP contribution in [0.3, 0.4) is 0 Å². The van der Waals surface area contributed by atoms with E-state index in [1.165, 1.54) is 6.07 Å². The zero-order chi connectivity index (χ0) is 13.1. The van der Waals surface area contributed by atoms with Crippen LogP contribution in [0.4, 0.5) is 11.4 Å². The number of aryl methyl sites for hydroxylation is 2. The largest absolute Gasteiger partial charge is 0.506 e. The molecule has 0 aliphatic rings. The molecule has 4 heteroatoms. The fraction of sp³-hybridized carbons (Fsp3) is 0.143. The van der Waals surface area contributed by atoms with Crippen molar-refractivity contribution in [2.45, 2.75) is 13.8 Å². The number of phenols is 1. The first-order valence-electron chi connectivity index (χ1n) is 5.53. The van der Waals surface area contributed by atoms with Crippen molar-refractivity contribution in [1.82, 2.24) is 0 Å². The van der Waals surface area contributed by atoms with Gasteiger partial charge in [-0.05, 0) is 55.3 Å². The van der Waals surface area contributed by atoms with Gasteiger partial charge in [-0.15, -0.1) is 5.11 Å². The van der Waals surface area contributed by atoms with Gasteiger partial charge in [0.15, 0.2) is 0 Å². The number of aromatic hydroxyl groups is 1. The van der Waals surface area contributed by atoms with E-state index in [-0.39, 0.29) is 5.75 Å². The van der Waals surface area contributed by atoms with Gasteiger partial charge in [0.05, 0.1) is 5.69 Å². The predicted octanol–water partition coefficient (Wildman–Crippen LogP) is 5.08. The quantitative estimate of drug-likeness (QED) is 0.752. The number of nitrogens with zero attached hydrogens (tertiary/aromatic N) is 2. The first-order chi connectivity index (χ1) is 8.54. The second-order valence-electron chi connectivity index (χ2n) is 4.18. The van der Waals surface area contributed by atoms with Crippen LogP contribution in [0.15, 0.2) is 46.6 Å². The summed E-state index contributed by atoms with van der Waals surface area (Å²) in [5.41, 5.74) is 3.37. The van der Waals surface area contributed by atoms with Crippen LogP contribution in [0, 0.1) is 13.8 Å². The molecule has 0 aliphatic carbocycles. The van der Waals surface area contributed by atoms with Gasteiger partial charge in [0.1, 0.15) is 11.4 Å². The summed E-state index contributed by atoms with van der Waals surface area (Å²) in [6, 6.07) is 10.6. The fourth-order valence-electron chi connectivity index (χ4n) is 1.70. The molecule has 0 saturated carbocycles. The van der Waals surface area contributed by atoms with Gasteiger partial charge in [0, 0.05) is 5.02 Å². The molecule has 0 saturated heterocycles. The van der Waals surface area contributed by atoms with Crippen molar-refractivity contribution in [3.8, 4) is 5.75 Å². The topological polar surface area (TPSA) is 45.0 Å². The van der Waals surface area contributed by atoms with Crippen molar-refractivity contribution >= 4 is 23.0 Å². The van der Waals surface area contributed by atoms with Crippen LogP contribution in [0.2, 0.25) is 5.02 Å². The highest BCUT2D eigenvalue weighted by molar-refractivity contribution is 6.30. The van der Waals surface area contributed by atoms with E-state index in [1.54, 1.807) is 12.1 Å². The lowest BCUT2D eigenvalue weighted by Gasteiger charge is -2.00. The van der Waals surface area contributed by atoms with Crippen molar-refractivity contribution in [3.05, 3.63) is 52.5 Å². The van der Waals surface area contributed by atoms with Crippen molar-refractivity contribution in [3.63, 3.8) is 0 Å². The van der Waals surface area contributed by atoms with Gasteiger partial charge in [-0.2, -0.15) is 5.11 Å². The Morgan fingerprint density at radius 3 is 2.28 bits per heavy atom. The molecule has 3 nitrogen and oxygen atoms in total. The first-order valence-corrected chi connectivity index (χ1v) is 5.91. The van der Waals surface area contributed by atoms with Crippen LogP contribution in [0.5, 0.6) is 5.75 Å². The van der Waals surface area contributed by atoms with Crippen LogP contribution < -0.4 is 0 Å². The molecule has 0 amide bonds. The molecular formula is C14H13ClN2O. The molecule has 1 N–H and O–H groups in total. The van der Waals surface area contributed by atoms with Gasteiger partial charge >= 0.3 is 0 Å². The summed E-state index contributed by atoms with van der Waals surface area (Å²) < 4.78 is 0. The van der Waals surface area contributed by atoms with E-state index in [4.69, 9.17) is 11.6 Å². The van der Waals surface area contributed by atoms with Crippen LogP contribution >= 0.6 is 11.6 Å². The summed E-state index contributed by atoms with van der Waals surface area (Å²) in [5.74, 6) is 0.0625. The second-order valence-corrected chi connectivity index (χ2v) is 4.62. The molecule has 0 unspecified atom stereocenters. The molecule has 0 atom stereocenters. The normalized spacial score (nSPS) is 11.1. The number of hydrogen-bond acceptors (Lipinski definition) is 3. The van der Waals surface area contributed by atoms with Crippen LogP contribution in [0.1, 0.15) is 11.1 Å². The maximum Gasteiger partial charge on any atom is 0.143 e. The summed E-state index contributed by atoms with van der Waals surface area (Å²) in [4.78, 5) is 0. The number of benzene rings is 2. The van der Waals surface area contributed by atoms with E-state index < -0.39 is 0 Å². The second kappa shape index (κ2) is 5.19. The maximum absolute atomic E-state index is 9.61. The molecule has 2 rings (SSSR count). The maximum atomic E-state index is 9.61. The lowest BCUT2D eigenvalue weighted by molar-refractivity contribution is 0.476. The smallest absolute Gasteiger partial charge is 0.143 e. The lowest BCUT2D eigenvalue weighted by atomic mass is 10.1. The number of halogens is 1. The van der Waals surface area contributed by atoms with E-state index >= 15 is 0 Å². The molecular weight excluding hydrogens is 248 g/mol. The summed E-state index contributed by atoms with van der Waals surface area (Å²) in [5, 5.41) is 18.2. The number of hydrogen-bond donors (Lipinski definition) is 1. The minimum absolute atomic E-state index is 0.0625. The molecule has 0 spiro atoms. The van der Waals surface area contributed by atoms with Crippen LogP contribution in [0.25, 0.3) is 0 Å². The Kier molecular flexibility index (Phi) is 3.63. The Hall–Kier alpha value is -1.87. The van der Waals surface area contributed by atoms with E-state index in [0.717, 1.165) is 16.8 Å². The van der Waals surface area contributed by atoms with Gasteiger partial charge in [-0.3, -0.25) is 0 Å². The average Bonchev–Trinajstić information content (AvgIpc) is 2.29. The third-order valence-corrected chi connectivity index (χ3v) is 2.65. The fourth-order valence-corrected chi connectivity index (χ4v) is 1.86. The third kappa shape index (κ3) is 3.08. The van der Waals surface area contributed by atoms with Gasteiger partial charge < -0.3 is 5.11 Å². The monoisotopic (exact) mass is 260 g/mol. The minimum atomic E-state index is 0.0625. The third-order valence-electron chi connectivity index (χ3n) is 2.42. The molecule has 18 heavy (non-hydrogen) atoms. The zero-order valence-corrected chi connectivity index (χ0v) is 10.9. The standard InChI is InChI=1S/C14H13ClN2O/c1-9-5-10(2)7-12(6-9)16-17-13-8-11(15)3-4-14(13)18/h3-8,18H,1-2H3. The molecule has 0 bridgehead atoms. The Labute approximate surface area is 111 Å². The van der Waals surface area contributed by atoms with Gasteiger partial charge in [-0.1, -0.05) is 17.7 Å². The van der Waals surface area contributed by atoms with Gasteiger partial charge in [0.25, 0.3) is 0 Å². The molecule has 0 fully saturated rings. The van der Waals surface area contributed by atoms with E-state index in [2.05, 4.69) is 16.3 Å². The predicted molar refractivity (Wildman–Crippen MR) is 73.2 cm³/mol. The van der Waals surface area contributed by atoms with Crippen molar-refractivity contribution in [2.75, 3.05) is 0 Å². The van der Waals surface area contributed by atoms with Crippen molar-refractivity contribution < 1.29 is 5.11 Å². The molecule has 0 aliphatic heterocycles. The lowest BCUT2D eigenvalue weighted by Crippen LogP contribution is -1.75. The van der Waals surface area contributed by atoms with Crippen molar-refractivity contribution in [2.24, 2.45) is 10.2 Å². The molecule has 92 valence electrons. The molecule has 2 aromatic rings. The Bertz CT molecular complexity index is 588. The number of rotatable bonds is 2.